The third kappa shape index (κ3) is 3.68. The smallest absolute Gasteiger partial charge is 0.358 e. The van der Waals surface area contributed by atoms with Gasteiger partial charge in [-0.3, -0.25) is 4.79 Å². The van der Waals surface area contributed by atoms with Crippen molar-refractivity contribution in [3.63, 3.8) is 0 Å². The fourth-order valence-electron chi connectivity index (χ4n) is 2.24. The van der Waals surface area contributed by atoms with Crippen molar-refractivity contribution in [3.05, 3.63) is 64.5 Å². The Hall–Kier alpha value is -3.56. The van der Waals surface area contributed by atoms with Gasteiger partial charge in [0.25, 0.3) is 0 Å². The second-order valence-corrected chi connectivity index (χ2v) is 5.27. The molecule has 128 valence electrons. The lowest BCUT2D eigenvalue weighted by molar-refractivity contribution is -0.389. The summed E-state index contributed by atoms with van der Waals surface area (Å²) in [4.78, 5) is 25.7. The molecule has 0 spiro atoms. The van der Waals surface area contributed by atoms with E-state index in [-0.39, 0.29) is 18.2 Å². The van der Waals surface area contributed by atoms with Crippen LogP contribution in [0.5, 0.6) is 0 Å². The van der Waals surface area contributed by atoms with Crippen LogP contribution in [0.2, 0.25) is 0 Å². The summed E-state index contributed by atoms with van der Waals surface area (Å²) in [7, 11) is 0. The van der Waals surface area contributed by atoms with Crippen LogP contribution in [0.25, 0.3) is 5.69 Å². The molecule has 0 aliphatic heterocycles. The summed E-state index contributed by atoms with van der Waals surface area (Å²) in [6, 6.07) is 7.33. The highest BCUT2D eigenvalue weighted by Gasteiger charge is 2.14. The van der Waals surface area contributed by atoms with E-state index in [2.05, 4.69) is 15.4 Å². The van der Waals surface area contributed by atoms with E-state index in [1.165, 1.54) is 46.0 Å². The van der Waals surface area contributed by atoms with Gasteiger partial charge in [-0.15, -0.1) is 0 Å². The molecule has 2 aromatic heterocycles. The van der Waals surface area contributed by atoms with Gasteiger partial charge in [-0.25, -0.2) is 9.07 Å². The van der Waals surface area contributed by atoms with Crippen LogP contribution in [-0.4, -0.2) is 30.2 Å². The van der Waals surface area contributed by atoms with E-state index in [1.54, 1.807) is 13.0 Å². The minimum absolute atomic E-state index is 0.144. The third-order valence-corrected chi connectivity index (χ3v) is 3.30. The molecule has 0 aliphatic carbocycles. The number of anilines is 1. The highest BCUT2D eigenvalue weighted by molar-refractivity contribution is 5.90. The van der Waals surface area contributed by atoms with Gasteiger partial charge in [0, 0.05) is 6.07 Å². The quantitative estimate of drug-likeness (QED) is 0.563. The number of aromatic nitrogens is 4. The highest BCUT2D eigenvalue weighted by Crippen LogP contribution is 2.17. The van der Waals surface area contributed by atoms with Crippen LogP contribution >= 0.6 is 0 Å². The number of imidazole rings is 1. The number of nitrogens with zero attached hydrogens (tertiary/aromatic N) is 5. The molecule has 0 bridgehead atoms. The molecule has 9 nitrogen and oxygen atoms in total. The van der Waals surface area contributed by atoms with Gasteiger partial charge in [0.1, 0.15) is 24.4 Å². The zero-order valence-electron chi connectivity index (χ0n) is 13.1. The van der Waals surface area contributed by atoms with Crippen LogP contribution in [0.1, 0.15) is 5.69 Å². The maximum atomic E-state index is 13.1. The molecule has 0 aliphatic rings. The first-order valence-electron chi connectivity index (χ1n) is 7.21. The lowest BCUT2D eigenvalue weighted by Crippen LogP contribution is -2.19. The summed E-state index contributed by atoms with van der Waals surface area (Å²) in [5.41, 5.74) is 1.25. The topological polar surface area (TPSA) is 108 Å². The van der Waals surface area contributed by atoms with Gasteiger partial charge in [-0.05, 0) is 41.1 Å². The molecule has 0 fully saturated rings. The second-order valence-electron chi connectivity index (χ2n) is 5.27. The summed E-state index contributed by atoms with van der Waals surface area (Å²) < 4.78 is 15.8. The number of hydrogen-bond acceptors (Lipinski definition) is 5. The minimum Gasteiger partial charge on any atom is -0.358 e. The van der Waals surface area contributed by atoms with Crippen molar-refractivity contribution in [2.45, 2.75) is 13.5 Å². The predicted octanol–water partition coefficient (Wildman–Crippen LogP) is 2.06. The maximum Gasteiger partial charge on any atom is 0.381 e. The van der Waals surface area contributed by atoms with Crippen LogP contribution in [0, 0.1) is 22.9 Å². The molecule has 10 heteroatoms. The van der Waals surface area contributed by atoms with Gasteiger partial charge in [-0.2, -0.15) is 5.10 Å². The molecule has 0 atom stereocenters. The number of aryl methyl sites for hydroxylation is 1. The second kappa shape index (κ2) is 6.51. The normalized spacial score (nSPS) is 10.6. The third-order valence-electron chi connectivity index (χ3n) is 3.30. The molecule has 1 amide bonds. The van der Waals surface area contributed by atoms with Gasteiger partial charge >= 0.3 is 5.82 Å². The zero-order chi connectivity index (χ0) is 18.0. The summed E-state index contributed by atoms with van der Waals surface area (Å²) in [6.45, 7) is 1.61. The number of nitrogens with one attached hydrogen (secondary N) is 1. The van der Waals surface area contributed by atoms with Crippen LogP contribution in [-0.2, 0) is 11.3 Å². The Balaban J connectivity index is 1.77. The van der Waals surface area contributed by atoms with Gasteiger partial charge in [-0.1, -0.05) is 0 Å². The van der Waals surface area contributed by atoms with Gasteiger partial charge in [0.05, 0.1) is 11.4 Å². The van der Waals surface area contributed by atoms with E-state index in [0.717, 1.165) is 0 Å². The lowest BCUT2D eigenvalue weighted by atomic mass is 10.3. The van der Waals surface area contributed by atoms with Crippen LogP contribution < -0.4 is 5.32 Å². The first kappa shape index (κ1) is 16.3. The summed E-state index contributed by atoms with van der Waals surface area (Å²) in [5.74, 6) is -0.709. The van der Waals surface area contributed by atoms with Crippen LogP contribution in [0.4, 0.5) is 16.0 Å². The Labute approximate surface area is 140 Å². The molecular weight excluding hydrogens is 331 g/mol. The van der Waals surface area contributed by atoms with E-state index in [4.69, 9.17) is 0 Å². The van der Waals surface area contributed by atoms with Crippen LogP contribution in [0.3, 0.4) is 0 Å². The number of carbonyl (C=O) groups excluding carboxylic acids is 1. The molecule has 0 unspecified atom stereocenters. The van der Waals surface area contributed by atoms with Crippen molar-refractivity contribution in [1.29, 1.82) is 0 Å². The fraction of sp³-hybridized carbons (Fsp3) is 0.133. The predicted molar refractivity (Wildman–Crippen MR) is 85.8 cm³/mol. The number of rotatable bonds is 5. The Morgan fingerprint density at radius 3 is 2.72 bits per heavy atom. The van der Waals surface area contributed by atoms with E-state index < -0.39 is 10.8 Å². The largest absolute Gasteiger partial charge is 0.381 e. The van der Waals surface area contributed by atoms with Crippen molar-refractivity contribution >= 4 is 17.5 Å². The number of benzene rings is 1. The summed E-state index contributed by atoms with van der Waals surface area (Å²) in [6.07, 6.45) is 2.38. The van der Waals surface area contributed by atoms with E-state index in [9.17, 15) is 19.3 Å². The summed E-state index contributed by atoms with van der Waals surface area (Å²) in [5, 5.41) is 17.6. The Morgan fingerprint density at radius 2 is 2.08 bits per heavy atom. The molecular formula is C15H13FN6O3. The number of carbonyl (C=O) groups is 1. The standard InChI is InChI=1S/C15H13FN6O3/c1-10-6-13(21(19-10)12-4-2-11(16)3-5-12)18-15(23)8-20-7-14(17-9-20)22(24)25/h2-7,9H,8H2,1H3,(H,18,23). The molecule has 2 heterocycles. The Bertz CT molecular complexity index is 931. The number of hydrogen-bond donors (Lipinski definition) is 1. The van der Waals surface area contributed by atoms with Gasteiger partial charge in [0.15, 0.2) is 0 Å². The number of halogens is 1. The average molecular weight is 344 g/mol. The molecule has 0 saturated carbocycles. The maximum absolute atomic E-state index is 13.1. The first-order chi connectivity index (χ1) is 11.9. The average Bonchev–Trinajstić information content (AvgIpc) is 3.15. The van der Waals surface area contributed by atoms with Crippen molar-refractivity contribution in [2.75, 3.05) is 5.32 Å². The number of amides is 1. The molecule has 1 aromatic carbocycles. The molecule has 25 heavy (non-hydrogen) atoms. The highest BCUT2D eigenvalue weighted by atomic mass is 19.1. The molecule has 3 rings (SSSR count). The number of nitro groups is 1. The molecule has 0 radical (unpaired) electrons. The van der Waals surface area contributed by atoms with Crippen molar-refractivity contribution < 1.29 is 14.1 Å². The monoisotopic (exact) mass is 344 g/mol. The van der Waals surface area contributed by atoms with Gasteiger partial charge in [0.2, 0.25) is 12.2 Å². The lowest BCUT2D eigenvalue weighted by Gasteiger charge is -2.09. The van der Waals surface area contributed by atoms with Gasteiger partial charge < -0.3 is 20.0 Å². The van der Waals surface area contributed by atoms with E-state index in [0.29, 0.717) is 17.2 Å². The fourth-order valence-corrected chi connectivity index (χ4v) is 2.24. The molecule has 0 saturated heterocycles. The zero-order valence-corrected chi connectivity index (χ0v) is 13.1. The first-order valence-corrected chi connectivity index (χ1v) is 7.21. The Morgan fingerprint density at radius 1 is 1.36 bits per heavy atom. The van der Waals surface area contributed by atoms with Crippen molar-refractivity contribution in [3.8, 4) is 5.69 Å². The van der Waals surface area contributed by atoms with E-state index >= 15 is 0 Å². The molecule has 1 N–H and O–H groups in total. The summed E-state index contributed by atoms with van der Waals surface area (Å²) >= 11 is 0. The van der Waals surface area contributed by atoms with Crippen LogP contribution in [0.15, 0.2) is 42.9 Å². The molecule has 3 aromatic rings. The SMILES string of the molecule is Cc1cc(NC(=O)Cn2cnc([N+](=O)[O-])c2)n(-c2ccc(F)cc2)n1. The van der Waals surface area contributed by atoms with Crippen molar-refractivity contribution in [2.24, 2.45) is 0 Å². The Kier molecular flexibility index (Phi) is 4.25. The van der Waals surface area contributed by atoms with E-state index in [1.807, 2.05) is 0 Å². The van der Waals surface area contributed by atoms with Crippen molar-refractivity contribution in [1.82, 2.24) is 19.3 Å². The minimum atomic E-state index is -0.638.